The van der Waals surface area contributed by atoms with Gasteiger partial charge < -0.3 is 10.2 Å². The highest BCUT2D eigenvalue weighted by Gasteiger charge is 2.47. The fourth-order valence-corrected chi connectivity index (χ4v) is 4.72. The van der Waals surface area contributed by atoms with E-state index >= 15 is 0 Å². The average Bonchev–Trinajstić information content (AvgIpc) is 3.50. The van der Waals surface area contributed by atoms with Crippen LogP contribution in [0.2, 0.25) is 0 Å². The Morgan fingerprint density at radius 2 is 1.45 bits per heavy atom. The summed E-state index contributed by atoms with van der Waals surface area (Å²) in [5.74, 6) is -4.78. The van der Waals surface area contributed by atoms with Crippen molar-refractivity contribution in [3.8, 4) is 0 Å². The Bertz CT molecular complexity index is 1580. The summed E-state index contributed by atoms with van der Waals surface area (Å²) < 4.78 is 66.3. The first-order chi connectivity index (χ1) is 20.4. The van der Waals surface area contributed by atoms with E-state index in [2.05, 4.69) is 20.0 Å². The van der Waals surface area contributed by atoms with E-state index < -0.39 is 35.4 Å². The van der Waals surface area contributed by atoms with E-state index in [1.807, 2.05) is 43.3 Å². The highest BCUT2D eigenvalue weighted by Crippen LogP contribution is 2.40. The summed E-state index contributed by atoms with van der Waals surface area (Å²) in [4.78, 5) is 54.4. The third-order valence-electron chi connectivity index (χ3n) is 6.71. The Balaban J connectivity index is 0.000000317. The summed E-state index contributed by atoms with van der Waals surface area (Å²) in [5.41, 5.74) is 1.52. The van der Waals surface area contributed by atoms with Crippen LogP contribution in [0.25, 0.3) is 0 Å². The van der Waals surface area contributed by atoms with Crippen molar-refractivity contribution in [3.05, 3.63) is 86.2 Å². The first kappa shape index (κ1) is 33.9. The molecule has 0 aliphatic carbocycles. The number of carbonyl (C=O) groups is 2. The number of aryl methyl sites for hydroxylation is 1. The molecule has 1 unspecified atom stereocenters. The second-order valence-corrected chi connectivity index (χ2v) is 9.93. The number of carboxylic acid groups (broad SMARTS) is 2. The standard InChI is InChI=1S/C22H24N6O2.2C2HF3O2/c1-16-5-4-7-18(24-16)13-26-11-8-22(15-26)9-12-27-19(29)20(30)28(25-21(22)27)14-17-6-2-3-10-23-17;2*3-2(4,5)1(6)7/h2-7,10H,8-9,11-15H2,1H3;2*(H,6,7). The molecule has 0 bridgehead atoms. The summed E-state index contributed by atoms with van der Waals surface area (Å²) in [6, 6.07) is 11.6. The minimum absolute atomic E-state index is 0.192. The molecule has 18 heteroatoms. The van der Waals surface area contributed by atoms with E-state index in [1.54, 1.807) is 10.8 Å². The third-order valence-corrected chi connectivity index (χ3v) is 6.71. The molecule has 1 atom stereocenters. The van der Waals surface area contributed by atoms with Gasteiger partial charge in [-0.3, -0.25) is 29.0 Å². The van der Waals surface area contributed by atoms with Crippen molar-refractivity contribution in [2.75, 3.05) is 13.1 Å². The van der Waals surface area contributed by atoms with Crippen LogP contribution in [0.4, 0.5) is 26.3 Å². The summed E-state index contributed by atoms with van der Waals surface area (Å²) in [6.45, 7) is 5.27. The first-order valence-electron chi connectivity index (χ1n) is 12.8. The Hall–Kier alpha value is -4.61. The zero-order chi connectivity index (χ0) is 32.9. The second kappa shape index (κ2) is 13.4. The van der Waals surface area contributed by atoms with Gasteiger partial charge >= 0.3 is 35.4 Å². The van der Waals surface area contributed by atoms with E-state index in [0.717, 1.165) is 49.7 Å². The second-order valence-electron chi connectivity index (χ2n) is 9.93. The number of alkyl halides is 6. The van der Waals surface area contributed by atoms with Crippen LogP contribution in [-0.2, 0) is 34.6 Å². The lowest BCUT2D eigenvalue weighted by Gasteiger charge is -2.23. The van der Waals surface area contributed by atoms with Crippen LogP contribution in [0.1, 0.15) is 35.7 Å². The molecular formula is C26H26F6N6O6. The van der Waals surface area contributed by atoms with Crippen molar-refractivity contribution >= 4 is 11.9 Å². The van der Waals surface area contributed by atoms with Gasteiger partial charge in [-0.1, -0.05) is 12.1 Å². The van der Waals surface area contributed by atoms with Crippen LogP contribution < -0.4 is 11.1 Å². The summed E-state index contributed by atoms with van der Waals surface area (Å²) in [7, 11) is 0. The van der Waals surface area contributed by atoms with Gasteiger partial charge in [0.25, 0.3) is 0 Å². The molecular weight excluding hydrogens is 606 g/mol. The first-order valence-corrected chi connectivity index (χ1v) is 12.8. The molecule has 3 aromatic rings. The minimum Gasteiger partial charge on any atom is -0.475 e. The minimum atomic E-state index is -5.08. The van der Waals surface area contributed by atoms with Gasteiger partial charge in [0.1, 0.15) is 5.82 Å². The number of rotatable bonds is 4. The lowest BCUT2D eigenvalue weighted by molar-refractivity contribution is -0.193. The van der Waals surface area contributed by atoms with Gasteiger partial charge in [0.05, 0.1) is 17.9 Å². The molecule has 238 valence electrons. The summed E-state index contributed by atoms with van der Waals surface area (Å²) in [5, 5.41) is 18.9. The molecule has 0 amide bonds. The monoisotopic (exact) mass is 632 g/mol. The Morgan fingerprint density at radius 3 is 2.00 bits per heavy atom. The molecule has 0 aromatic carbocycles. The van der Waals surface area contributed by atoms with Gasteiger partial charge in [0, 0.05) is 36.9 Å². The van der Waals surface area contributed by atoms with Crippen LogP contribution in [0, 0.1) is 6.92 Å². The zero-order valence-electron chi connectivity index (χ0n) is 23.0. The molecule has 0 saturated carbocycles. The van der Waals surface area contributed by atoms with Crippen molar-refractivity contribution in [1.29, 1.82) is 0 Å². The van der Waals surface area contributed by atoms with Crippen LogP contribution in [0.5, 0.6) is 0 Å². The predicted octanol–water partition coefficient (Wildman–Crippen LogP) is 2.37. The number of likely N-dealkylation sites (tertiary alicyclic amines) is 1. The number of halogens is 6. The van der Waals surface area contributed by atoms with E-state index in [0.29, 0.717) is 12.2 Å². The molecule has 1 fully saturated rings. The van der Waals surface area contributed by atoms with Crippen molar-refractivity contribution in [2.45, 2.75) is 57.2 Å². The summed E-state index contributed by atoms with van der Waals surface area (Å²) >= 11 is 0. The van der Waals surface area contributed by atoms with E-state index in [-0.39, 0.29) is 12.0 Å². The zero-order valence-corrected chi connectivity index (χ0v) is 23.0. The van der Waals surface area contributed by atoms with Gasteiger partial charge in [-0.25, -0.2) is 14.3 Å². The van der Waals surface area contributed by atoms with Crippen LogP contribution in [-0.4, -0.2) is 76.8 Å². The number of hydrogen-bond donors (Lipinski definition) is 2. The van der Waals surface area contributed by atoms with Gasteiger partial charge in [0.2, 0.25) is 0 Å². The topological polar surface area (TPSA) is 161 Å². The number of hydrogen-bond acceptors (Lipinski definition) is 8. The van der Waals surface area contributed by atoms with Crippen LogP contribution in [0.15, 0.2) is 52.2 Å². The largest absolute Gasteiger partial charge is 0.490 e. The maximum absolute atomic E-state index is 12.8. The molecule has 0 radical (unpaired) electrons. The molecule has 2 aliphatic heterocycles. The number of aromatic nitrogens is 5. The fraction of sp³-hybridized carbons (Fsp3) is 0.423. The van der Waals surface area contributed by atoms with Crippen molar-refractivity contribution in [2.24, 2.45) is 0 Å². The molecule has 3 aromatic heterocycles. The maximum atomic E-state index is 12.8. The fourth-order valence-electron chi connectivity index (χ4n) is 4.72. The number of fused-ring (bicyclic) bond motifs is 2. The normalized spacial score (nSPS) is 17.7. The molecule has 1 saturated heterocycles. The predicted molar refractivity (Wildman–Crippen MR) is 139 cm³/mol. The molecule has 5 heterocycles. The van der Waals surface area contributed by atoms with E-state index in [9.17, 15) is 35.9 Å². The van der Waals surface area contributed by atoms with E-state index in [1.165, 1.54) is 4.68 Å². The van der Waals surface area contributed by atoms with Gasteiger partial charge in [0.15, 0.2) is 0 Å². The van der Waals surface area contributed by atoms with E-state index in [4.69, 9.17) is 19.8 Å². The molecule has 2 N–H and O–H groups in total. The van der Waals surface area contributed by atoms with Crippen LogP contribution >= 0.6 is 0 Å². The molecule has 12 nitrogen and oxygen atoms in total. The molecule has 44 heavy (non-hydrogen) atoms. The van der Waals surface area contributed by atoms with Gasteiger partial charge in [-0.2, -0.15) is 31.4 Å². The number of carboxylic acids is 2. The van der Waals surface area contributed by atoms with Crippen LogP contribution in [0.3, 0.4) is 0 Å². The van der Waals surface area contributed by atoms with Gasteiger partial charge in [-0.05, 0) is 50.6 Å². The highest BCUT2D eigenvalue weighted by atomic mass is 19.4. The number of nitrogens with zero attached hydrogens (tertiary/aromatic N) is 6. The molecule has 2 aliphatic rings. The quantitative estimate of drug-likeness (QED) is 0.323. The Morgan fingerprint density at radius 1 is 0.864 bits per heavy atom. The van der Waals surface area contributed by atoms with Crippen molar-refractivity contribution in [3.63, 3.8) is 0 Å². The number of aliphatic carboxylic acids is 2. The molecule has 1 spiro atoms. The Labute approximate surface area is 244 Å². The SMILES string of the molecule is Cc1cccc(CN2CCC3(CCn4c3nn(Cc3ccccn3)c(=O)c4=O)C2)n1.O=C(O)C(F)(F)F.O=C(O)C(F)(F)F. The highest BCUT2D eigenvalue weighted by molar-refractivity contribution is 5.73. The third kappa shape index (κ3) is 8.48. The average molecular weight is 633 g/mol. The lowest BCUT2D eigenvalue weighted by Crippen LogP contribution is -2.45. The van der Waals surface area contributed by atoms with Crippen molar-refractivity contribution < 1.29 is 46.1 Å². The lowest BCUT2D eigenvalue weighted by atomic mass is 9.85. The Kier molecular flexibility index (Phi) is 10.3. The number of pyridine rings is 2. The maximum Gasteiger partial charge on any atom is 0.490 e. The summed E-state index contributed by atoms with van der Waals surface area (Å²) in [6.07, 6.45) is -6.73. The van der Waals surface area contributed by atoms with Gasteiger partial charge in [-0.15, -0.1) is 0 Å². The molecule has 5 rings (SSSR count). The van der Waals surface area contributed by atoms with Crippen molar-refractivity contribution in [1.82, 2.24) is 29.2 Å². The smallest absolute Gasteiger partial charge is 0.475 e.